The molecular formula is C14H10Cl2F3NO2S. The van der Waals surface area contributed by atoms with Crippen LogP contribution in [0.4, 0.5) is 18.9 Å². The molecule has 0 aliphatic carbocycles. The normalized spacial score (nSPS) is 12.3. The van der Waals surface area contributed by atoms with Crippen molar-refractivity contribution in [3.8, 4) is 0 Å². The molecule has 0 fully saturated rings. The lowest BCUT2D eigenvalue weighted by Crippen LogP contribution is -2.17. The van der Waals surface area contributed by atoms with E-state index in [-0.39, 0.29) is 9.92 Å². The van der Waals surface area contributed by atoms with Crippen LogP contribution in [0.1, 0.15) is 11.1 Å². The molecule has 9 heteroatoms. The SMILES string of the molecule is Cc1ccc(S(=O)(=O)Nc2c(C(F)(F)F)ccc(Cl)c2Cl)cc1. The van der Waals surface area contributed by atoms with Crippen molar-refractivity contribution in [2.75, 3.05) is 4.72 Å². The summed E-state index contributed by atoms with van der Waals surface area (Å²) in [7, 11) is -4.25. The number of sulfonamides is 1. The van der Waals surface area contributed by atoms with E-state index in [0.29, 0.717) is 6.07 Å². The van der Waals surface area contributed by atoms with Gasteiger partial charge in [-0.1, -0.05) is 40.9 Å². The minimum absolute atomic E-state index is 0.188. The van der Waals surface area contributed by atoms with Gasteiger partial charge < -0.3 is 0 Å². The van der Waals surface area contributed by atoms with Gasteiger partial charge in [-0.25, -0.2) is 8.42 Å². The maximum absolute atomic E-state index is 13.1. The van der Waals surface area contributed by atoms with E-state index < -0.39 is 32.5 Å². The Labute approximate surface area is 141 Å². The second-order valence-corrected chi connectivity index (χ2v) is 7.17. The van der Waals surface area contributed by atoms with Crippen LogP contribution in [0, 0.1) is 6.92 Å². The van der Waals surface area contributed by atoms with Gasteiger partial charge in [-0.2, -0.15) is 13.2 Å². The standard InChI is InChI=1S/C14H10Cl2F3NO2S/c1-8-2-4-9(5-3-8)23(21,22)20-13-10(14(17,18)19)6-7-11(15)12(13)16/h2-7,20H,1H3. The second kappa shape index (κ2) is 6.22. The molecule has 0 aliphatic heterocycles. The predicted octanol–water partition coefficient (Wildman–Crippen LogP) is 5.12. The first-order valence-corrected chi connectivity index (χ1v) is 8.41. The van der Waals surface area contributed by atoms with E-state index in [0.717, 1.165) is 11.6 Å². The van der Waals surface area contributed by atoms with Crippen LogP contribution in [0.2, 0.25) is 10.0 Å². The Hall–Kier alpha value is -1.44. The van der Waals surface area contributed by atoms with E-state index >= 15 is 0 Å². The highest BCUT2D eigenvalue weighted by atomic mass is 35.5. The van der Waals surface area contributed by atoms with Crippen molar-refractivity contribution >= 4 is 38.9 Å². The highest BCUT2D eigenvalue weighted by molar-refractivity contribution is 7.92. The molecule has 0 bridgehead atoms. The Morgan fingerprint density at radius 1 is 1.00 bits per heavy atom. The van der Waals surface area contributed by atoms with Crippen LogP contribution in [-0.4, -0.2) is 8.42 Å². The lowest BCUT2D eigenvalue weighted by molar-refractivity contribution is -0.136. The van der Waals surface area contributed by atoms with Crippen LogP contribution in [0.25, 0.3) is 0 Å². The van der Waals surface area contributed by atoms with Gasteiger partial charge in [0.15, 0.2) is 0 Å². The summed E-state index contributed by atoms with van der Waals surface area (Å²) in [5, 5.41) is -0.710. The van der Waals surface area contributed by atoms with Gasteiger partial charge in [0.05, 0.1) is 26.2 Å². The van der Waals surface area contributed by atoms with Crippen molar-refractivity contribution in [2.45, 2.75) is 18.0 Å². The van der Waals surface area contributed by atoms with Crippen molar-refractivity contribution < 1.29 is 21.6 Å². The Morgan fingerprint density at radius 2 is 1.57 bits per heavy atom. The Kier molecular flexibility index (Phi) is 4.84. The number of hydrogen-bond acceptors (Lipinski definition) is 2. The van der Waals surface area contributed by atoms with Gasteiger partial charge >= 0.3 is 6.18 Å². The van der Waals surface area contributed by atoms with Gasteiger partial charge in [-0.3, -0.25) is 4.72 Å². The number of halogens is 5. The van der Waals surface area contributed by atoms with Crippen LogP contribution in [0.3, 0.4) is 0 Å². The molecule has 0 spiro atoms. The minimum atomic E-state index is -4.79. The Bertz CT molecular complexity index is 834. The summed E-state index contributed by atoms with van der Waals surface area (Å²) in [6.45, 7) is 1.75. The lowest BCUT2D eigenvalue weighted by atomic mass is 10.2. The van der Waals surface area contributed by atoms with Crippen LogP contribution in [0.5, 0.6) is 0 Å². The van der Waals surface area contributed by atoms with Gasteiger partial charge in [0.25, 0.3) is 10.0 Å². The Morgan fingerprint density at radius 3 is 2.09 bits per heavy atom. The number of hydrogen-bond donors (Lipinski definition) is 1. The molecule has 23 heavy (non-hydrogen) atoms. The number of alkyl halides is 3. The fourth-order valence-corrected chi connectivity index (χ4v) is 3.32. The molecule has 0 unspecified atom stereocenters. The van der Waals surface area contributed by atoms with Crippen molar-refractivity contribution in [2.24, 2.45) is 0 Å². The van der Waals surface area contributed by atoms with Crippen LogP contribution < -0.4 is 4.72 Å². The first-order chi connectivity index (χ1) is 10.5. The Balaban J connectivity index is 2.55. The maximum Gasteiger partial charge on any atom is 0.418 e. The third-order valence-corrected chi connectivity index (χ3v) is 5.14. The van der Waals surface area contributed by atoms with Gasteiger partial charge in [0.2, 0.25) is 0 Å². The molecule has 0 aliphatic rings. The second-order valence-electron chi connectivity index (χ2n) is 4.70. The van der Waals surface area contributed by atoms with E-state index in [2.05, 4.69) is 0 Å². The van der Waals surface area contributed by atoms with E-state index in [1.54, 1.807) is 6.92 Å². The van der Waals surface area contributed by atoms with Crippen molar-refractivity contribution in [1.82, 2.24) is 0 Å². The number of aryl methyl sites for hydroxylation is 1. The summed E-state index contributed by atoms with van der Waals surface area (Å²) in [4.78, 5) is -0.188. The highest BCUT2D eigenvalue weighted by Crippen LogP contribution is 2.42. The summed E-state index contributed by atoms with van der Waals surface area (Å²) in [5.41, 5.74) is -1.21. The molecule has 0 aromatic heterocycles. The molecule has 124 valence electrons. The van der Waals surface area contributed by atoms with Gasteiger partial charge in [-0.05, 0) is 31.2 Å². The molecular weight excluding hydrogens is 374 g/mol. The molecule has 0 saturated carbocycles. The monoisotopic (exact) mass is 383 g/mol. The fourth-order valence-electron chi connectivity index (χ4n) is 1.80. The number of anilines is 1. The molecule has 0 heterocycles. The quantitative estimate of drug-likeness (QED) is 0.799. The topological polar surface area (TPSA) is 46.2 Å². The predicted molar refractivity (Wildman–Crippen MR) is 83.5 cm³/mol. The van der Waals surface area contributed by atoms with Crippen LogP contribution in [0.15, 0.2) is 41.3 Å². The first kappa shape index (κ1) is 17.9. The summed E-state index contributed by atoms with van der Waals surface area (Å²) in [6, 6.07) is 7.24. The summed E-state index contributed by atoms with van der Waals surface area (Å²) < 4.78 is 65.6. The number of rotatable bonds is 3. The van der Waals surface area contributed by atoms with E-state index in [1.165, 1.54) is 24.3 Å². The molecule has 2 aromatic rings. The van der Waals surface area contributed by atoms with E-state index in [9.17, 15) is 21.6 Å². The molecule has 0 saturated heterocycles. The zero-order chi connectivity index (χ0) is 17.4. The van der Waals surface area contributed by atoms with Crippen molar-refractivity contribution in [3.63, 3.8) is 0 Å². The zero-order valence-electron chi connectivity index (χ0n) is 11.6. The lowest BCUT2D eigenvalue weighted by Gasteiger charge is -2.17. The fraction of sp³-hybridized carbons (Fsp3) is 0.143. The van der Waals surface area contributed by atoms with Crippen molar-refractivity contribution in [1.29, 1.82) is 0 Å². The summed E-state index contributed by atoms with van der Waals surface area (Å²) >= 11 is 11.5. The van der Waals surface area contributed by atoms with Crippen molar-refractivity contribution in [3.05, 3.63) is 57.6 Å². The molecule has 0 radical (unpaired) electrons. The first-order valence-electron chi connectivity index (χ1n) is 6.17. The minimum Gasteiger partial charge on any atom is -0.277 e. The summed E-state index contributed by atoms with van der Waals surface area (Å²) in [6.07, 6.45) is -4.79. The zero-order valence-corrected chi connectivity index (χ0v) is 13.9. The number of nitrogens with one attached hydrogen (secondary N) is 1. The highest BCUT2D eigenvalue weighted by Gasteiger charge is 2.36. The molecule has 2 aromatic carbocycles. The van der Waals surface area contributed by atoms with Crippen LogP contribution >= 0.6 is 23.2 Å². The number of benzene rings is 2. The smallest absolute Gasteiger partial charge is 0.277 e. The summed E-state index contributed by atoms with van der Waals surface area (Å²) in [5.74, 6) is 0. The molecule has 1 N–H and O–H groups in total. The third-order valence-electron chi connectivity index (χ3n) is 2.97. The average Bonchev–Trinajstić information content (AvgIpc) is 2.43. The van der Waals surface area contributed by atoms with Crippen LogP contribution in [-0.2, 0) is 16.2 Å². The van der Waals surface area contributed by atoms with Gasteiger partial charge in [0.1, 0.15) is 0 Å². The van der Waals surface area contributed by atoms with Gasteiger partial charge in [0, 0.05) is 0 Å². The van der Waals surface area contributed by atoms with E-state index in [1.807, 2.05) is 4.72 Å². The van der Waals surface area contributed by atoms with Gasteiger partial charge in [-0.15, -0.1) is 0 Å². The molecule has 0 atom stereocenters. The average molecular weight is 384 g/mol. The molecule has 2 rings (SSSR count). The molecule has 3 nitrogen and oxygen atoms in total. The largest absolute Gasteiger partial charge is 0.418 e. The molecule has 0 amide bonds. The third kappa shape index (κ3) is 3.91. The van der Waals surface area contributed by atoms with E-state index in [4.69, 9.17) is 23.2 Å². The maximum atomic E-state index is 13.1.